The van der Waals surface area contributed by atoms with Gasteiger partial charge >= 0.3 is 0 Å². The summed E-state index contributed by atoms with van der Waals surface area (Å²) in [6.45, 7) is 3.68. The number of carbonyl (C=O) groups excluding carboxylic acids is 1. The van der Waals surface area contributed by atoms with E-state index in [4.69, 9.17) is 11.6 Å². The van der Waals surface area contributed by atoms with E-state index in [1.807, 2.05) is 13.0 Å². The zero-order valence-electron chi connectivity index (χ0n) is 7.38. The Hall–Kier alpha value is -1.02. The molecule has 0 unspecified atom stereocenters. The van der Waals surface area contributed by atoms with Gasteiger partial charge in [0, 0.05) is 23.7 Å². The Morgan fingerprint density at radius 3 is 2.69 bits per heavy atom. The van der Waals surface area contributed by atoms with E-state index in [0.29, 0.717) is 5.02 Å². The summed E-state index contributed by atoms with van der Waals surface area (Å²) in [5.41, 5.74) is 1.69. The Bertz CT molecular complexity index is 358. The van der Waals surface area contributed by atoms with Crippen molar-refractivity contribution in [2.75, 3.05) is 13.1 Å². The molecule has 3 heteroatoms. The highest BCUT2D eigenvalue weighted by molar-refractivity contribution is 6.31. The normalized spacial score (nSPS) is 14.5. The largest absolute Gasteiger partial charge is 0.335 e. The van der Waals surface area contributed by atoms with Crippen LogP contribution in [-0.4, -0.2) is 23.9 Å². The van der Waals surface area contributed by atoms with Crippen molar-refractivity contribution < 1.29 is 4.79 Å². The molecule has 0 aliphatic carbocycles. The molecule has 0 radical (unpaired) electrons. The first-order valence-corrected chi connectivity index (χ1v) is 4.62. The molecule has 2 rings (SSSR count). The molecular formula is C10H10ClNO. The van der Waals surface area contributed by atoms with E-state index >= 15 is 0 Å². The minimum absolute atomic E-state index is 0.111. The van der Waals surface area contributed by atoms with Crippen molar-refractivity contribution >= 4 is 17.5 Å². The molecular weight excluding hydrogens is 186 g/mol. The molecule has 0 spiro atoms. The number of nitrogens with zero attached hydrogens (tertiary/aromatic N) is 1. The molecule has 1 fully saturated rings. The highest BCUT2D eigenvalue weighted by Crippen LogP contribution is 2.19. The van der Waals surface area contributed by atoms with Crippen molar-refractivity contribution in [2.45, 2.75) is 6.92 Å². The molecule has 1 aromatic rings. The molecule has 13 heavy (non-hydrogen) atoms. The molecule has 1 amide bonds. The van der Waals surface area contributed by atoms with Crippen LogP contribution in [0.25, 0.3) is 0 Å². The van der Waals surface area contributed by atoms with E-state index < -0.39 is 0 Å². The molecule has 0 bridgehead atoms. The predicted molar refractivity (Wildman–Crippen MR) is 52.1 cm³/mol. The van der Waals surface area contributed by atoms with Gasteiger partial charge in [-0.1, -0.05) is 11.6 Å². The van der Waals surface area contributed by atoms with Crippen molar-refractivity contribution in [3.05, 3.63) is 34.3 Å². The van der Waals surface area contributed by atoms with Gasteiger partial charge < -0.3 is 4.90 Å². The molecule has 0 saturated carbocycles. The summed E-state index contributed by atoms with van der Waals surface area (Å²) >= 11 is 5.86. The molecule has 0 N–H and O–H groups in total. The van der Waals surface area contributed by atoms with Gasteiger partial charge in [0.05, 0.1) is 0 Å². The van der Waals surface area contributed by atoms with Crippen LogP contribution < -0.4 is 0 Å². The number of benzene rings is 1. The third-order valence-corrected chi connectivity index (χ3v) is 2.56. The number of carbonyl (C=O) groups is 1. The van der Waals surface area contributed by atoms with Crippen LogP contribution in [0.5, 0.6) is 0 Å². The second-order valence-corrected chi connectivity index (χ2v) is 3.66. The van der Waals surface area contributed by atoms with Crippen molar-refractivity contribution in [3.8, 4) is 0 Å². The Labute approximate surface area is 82.1 Å². The summed E-state index contributed by atoms with van der Waals surface area (Å²) in [6, 6.07) is 5.38. The minimum atomic E-state index is 0.111. The first-order chi connectivity index (χ1) is 6.18. The van der Waals surface area contributed by atoms with Gasteiger partial charge in [0.1, 0.15) is 0 Å². The van der Waals surface area contributed by atoms with Crippen LogP contribution in [0.4, 0.5) is 0 Å². The molecule has 0 atom stereocenters. The van der Waals surface area contributed by atoms with Crippen LogP contribution in [0.3, 0.4) is 0 Å². The standard InChI is InChI=1S/C10H10ClNO/c1-7-6-8(2-3-9(7)11)10(13)12-4-5-12/h2-3,6H,4-5H2,1H3. The average Bonchev–Trinajstić information content (AvgIpc) is 2.91. The van der Waals surface area contributed by atoms with Gasteiger partial charge in [-0.15, -0.1) is 0 Å². The first-order valence-electron chi connectivity index (χ1n) is 4.24. The Balaban J connectivity index is 2.30. The zero-order chi connectivity index (χ0) is 9.42. The van der Waals surface area contributed by atoms with Gasteiger partial charge in [-0.05, 0) is 30.7 Å². The lowest BCUT2D eigenvalue weighted by atomic mass is 10.1. The highest BCUT2D eigenvalue weighted by atomic mass is 35.5. The maximum absolute atomic E-state index is 11.6. The fourth-order valence-electron chi connectivity index (χ4n) is 1.21. The van der Waals surface area contributed by atoms with Crippen molar-refractivity contribution in [3.63, 3.8) is 0 Å². The van der Waals surface area contributed by atoms with Gasteiger partial charge in [-0.2, -0.15) is 0 Å². The molecule has 68 valence electrons. The predicted octanol–water partition coefficient (Wildman–Crippen LogP) is 2.10. The minimum Gasteiger partial charge on any atom is -0.335 e. The van der Waals surface area contributed by atoms with E-state index in [2.05, 4.69) is 0 Å². The molecule has 1 saturated heterocycles. The van der Waals surface area contributed by atoms with E-state index in [1.165, 1.54) is 0 Å². The van der Waals surface area contributed by atoms with Crippen LogP contribution in [0.2, 0.25) is 5.02 Å². The van der Waals surface area contributed by atoms with Gasteiger partial charge in [-0.3, -0.25) is 4.79 Å². The summed E-state index contributed by atoms with van der Waals surface area (Å²) in [4.78, 5) is 13.3. The maximum atomic E-state index is 11.6. The monoisotopic (exact) mass is 195 g/mol. The quantitative estimate of drug-likeness (QED) is 0.629. The van der Waals surface area contributed by atoms with Gasteiger partial charge in [0.15, 0.2) is 0 Å². The summed E-state index contributed by atoms with van der Waals surface area (Å²) < 4.78 is 0. The Morgan fingerprint density at radius 1 is 1.46 bits per heavy atom. The number of hydrogen-bond donors (Lipinski definition) is 0. The topological polar surface area (TPSA) is 20.1 Å². The van der Waals surface area contributed by atoms with Crippen LogP contribution in [0, 0.1) is 6.92 Å². The summed E-state index contributed by atoms with van der Waals surface area (Å²) in [6.07, 6.45) is 0. The Morgan fingerprint density at radius 2 is 2.15 bits per heavy atom. The van der Waals surface area contributed by atoms with Gasteiger partial charge in [-0.25, -0.2) is 0 Å². The summed E-state index contributed by atoms with van der Waals surface area (Å²) in [5, 5.41) is 0.711. The number of aryl methyl sites for hydroxylation is 1. The SMILES string of the molecule is Cc1cc(C(=O)N2CC2)ccc1Cl. The van der Waals surface area contributed by atoms with Crippen molar-refractivity contribution in [1.82, 2.24) is 4.90 Å². The van der Waals surface area contributed by atoms with E-state index in [0.717, 1.165) is 24.2 Å². The molecule has 0 aromatic heterocycles. The second kappa shape index (κ2) is 3.04. The van der Waals surface area contributed by atoms with E-state index in [9.17, 15) is 4.79 Å². The Kier molecular flexibility index (Phi) is 2.00. The van der Waals surface area contributed by atoms with Crippen LogP contribution >= 0.6 is 11.6 Å². The number of hydrogen-bond acceptors (Lipinski definition) is 1. The molecule has 2 nitrogen and oxygen atoms in total. The fourth-order valence-corrected chi connectivity index (χ4v) is 1.33. The van der Waals surface area contributed by atoms with Crippen LogP contribution in [-0.2, 0) is 0 Å². The van der Waals surface area contributed by atoms with E-state index in [1.54, 1.807) is 17.0 Å². The second-order valence-electron chi connectivity index (χ2n) is 3.26. The molecule has 1 heterocycles. The van der Waals surface area contributed by atoms with Crippen molar-refractivity contribution in [1.29, 1.82) is 0 Å². The summed E-state index contributed by atoms with van der Waals surface area (Å²) in [5.74, 6) is 0.111. The zero-order valence-corrected chi connectivity index (χ0v) is 8.14. The maximum Gasteiger partial charge on any atom is 0.253 e. The van der Waals surface area contributed by atoms with Crippen molar-refractivity contribution in [2.24, 2.45) is 0 Å². The number of amides is 1. The van der Waals surface area contributed by atoms with Gasteiger partial charge in [0.25, 0.3) is 5.91 Å². The lowest BCUT2D eigenvalue weighted by Gasteiger charge is -2.03. The lowest BCUT2D eigenvalue weighted by molar-refractivity contribution is 0.0885. The number of rotatable bonds is 1. The lowest BCUT2D eigenvalue weighted by Crippen LogP contribution is -2.10. The third-order valence-electron chi connectivity index (χ3n) is 2.14. The van der Waals surface area contributed by atoms with E-state index in [-0.39, 0.29) is 5.91 Å². The third kappa shape index (κ3) is 1.68. The average molecular weight is 196 g/mol. The first kappa shape index (κ1) is 8.57. The highest BCUT2D eigenvalue weighted by Gasteiger charge is 2.25. The van der Waals surface area contributed by atoms with Gasteiger partial charge in [0.2, 0.25) is 0 Å². The molecule has 1 aromatic carbocycles. The summed E-state index contributed by atoms with van der Waals surface area (Å²) in [7, 11) is 0. The number of halogens is 1. The smallest absolute Gasteiger partial charge is 0.253 e. The molecule has 1 aliphatic heterocycles. The molecule has 1 aliphatic rings. The fraction of sp³-hybridized carbons (Fsp3) is 0.300. The van der Waals surface area contributed by atoms with Crippen LogP contribution in [0.15, 0.2) is 18.2 Å². The van der Waals surface area contributed by atoms with Crippen LogP contribution in [0.1, 0.15) is 15.9 Å².